The second-order valence-electron chi connectivity index (χ2n) is 6.91. The Morgan fingerprint density at radius 1 is 1.19 bits per heavy atom. The molecule has 0 unspecified atom stereocenters. The second-order valence-corrected chi connectivity index (χ2v) is 9.36. The third-order valence-corrected chi connectivity index (χ3v) is 6.67. The summed E-state index contributed by atoms with van der Waals surface area (Å²) in [5, 5.41) is 2.99. The maximum atomic E-state index is 13.2. The molecule has 0 aliphatic carbocycles. The normalized spacial score (nSPS) is 14.7. The molecule has 0 fully saturated rings. The highest BCUT2D eigenvalue weighted by Crippen LogP contribution is 2.34. The van der Waals surface area contributed by atoms with E-state index >= 15 is 0 Å². The molecule has 5 nitrogen and oxygen atoms in total. The number of benzene rings is 2. The predicted octanol–water partition coefficient (Wildman–Crippen LogP) is 6.27. The highest BCUT2D eigenvalue weighted by atomic mass is 35.5. The van der Waals surface area contributed by atoms with Crippen LogP contribution >= 0.6 is 34.7 Å². The average Bonchev–Trinajstić information content (AvgIpc) is 3.41. The van der Waals surface area contributed by atoms with Crippen LogP contribution < -0.4 is 14.4 Å². The van der Waals surface area contributed by atoms with Crippen LogP contribution in [0.5, 0.6) is 11.5 Å². The first-order valence-electron chi connectivity index (χ1n) is 9.89. The number of rotatable bonds is 7. The van der Waals surface area contributed by atoms with Crippen LogP contribution in [-0.4, -0.2) is 30.5 Å². The fourth-order valence-corrected chi connectivity index (χ4v) is 4.78. The standard InChI is InChI=1S/C24H21ClN2O3S2/c1-16-5-8-18(9-6-16)30-11-13-32-24-26-21(15-19-4-3-12-31-19)23(28)27(24)17-7-10-22(29-2)20(25)14-17/h3-10,12,14-15H,11,13H2,1-2H3. The van der Waals surface area contributed by atoms with Crippen molar-refractivity contribution in [2.24, 2.45) is 4.99 Å². The molecule has 4 rings (SSSR count). The van der Waals surface area contributed by atoms with Crippen LogP contribution in [0, 0.1) is 6.92 Å². The first-order valence-corrected chi connectivity index (χ1v) is 12.1. The number of carbonyl (C=O) groups is 1. The minimum Gasteiger partial charge on any atom is -0.495 e. The number of hydrogen-bond donors (Lipinski definition) is 0. The van der Waals surface area contributed by atoms with Crippen molar-refractivity contribution in [3.8, 4) is 11.5 Å². The van der Waals surface area contributed by atoms with E-state index in [4.69, 9.17) is 21.1 Å². The van der Waals surface area contributed by atoms with Crippen molar-refractivity contribution in [1.82, 2.24) is 0 Å². The van der Waals surface area contributed by atoms with Crippen LogP contribution in [0.1, 0.15) is 10.4 Å². The number of amidine groups is 1. The van der Waals surface area contributed by atoms with Gasteiger partial charge in [-0.15, -0.1) is 11.3 Å². The summed E-state index contributed by atoms with van der Waals surface area (Å²) in [5.41, 5.74) is 2.21. The Labute approximate surface area is 200 Å². The molecule has 0 saturated carbocycles. The minimum atomic E-state index is -0.193. The number of carbonyl (C=O) groups excluding carboxylic acids is 1. The van der Waals surface area contributed by atoms with E-state index in [1.165, 1.54) is 17.3 Å². The number of anilines is 1. The van der Waals surface area contributed by atoms with Gasteiger partial charge in [-0.05, 0) is 54.8 Å². The van der Waals surface area contributed by atoms with Gasteiger partial charge in [0, 0.05) is 10.6 Å². The summed E-state index contributed by atoms with van der Waals surface area (Å²) >= 11 is 9.34. The first-order chi connectivity index (χ1) is 15.5. The number of ether oxygens (including phenoxy) is 2. The molecule has 0 bridgehead atoms. The van der Waals surface area contributed by atoms with E-state index in [0.29, 0.717) is 39.7 Å². The zero-order chi connectivity index (χ0) is 22.5. The number of amides is 1. The zero-order valence-electron chi connectivity index (χ0n) is 17.6. The van der Waals surface area contributed by atoms with Gasteiger partial charge in [0.2, 0.25) is 0 Å². The quantitative estimate of drug-likeness (QED) is 0.293. The van der Waals surface area contributed by atoms with Crippen molar-refractivity contribution in [2.45, 2.75) is 6.92 Å². The highest BCUT2D eigenvalue weighted by Gasteiger charge is 2.32. The van der Waals surface area contributed by atoms with Crippen LogP contribution in [0.25, 0.3) is 6.08 Å². The molecule has 1 aromatic heterocycles. The van der Waals surface area contributed by atoms with Crippen LogP contribution in [0.15, 0.2) is 70.7 Å². The number of methoxy groups -OCH3 is 1. The molecule has 0 atom stereocenters. The molecule has 0 radical (unpaired) electrons. The number of hydrogen-bond acceptors (Lipinski definition) is 6. The van der Waals surface area contributed by atoms with Crippen molar-refractivity contribution in [1.29, 1.82) is 0 Å². The Hall–Kier alpha value is -2.74. The van der Waals surface area contributed by atoms with Gasteiger partial charge in [-0.3, -0.25) is 9.69 Å². The molecule has 1 aliphatic heterocycles. The van der Waals surface area contributed by atoms with Crippen LogP contribution in [0.4, 0.5) is 5.69 Å². The number of halogens is 1. The molecule has 3 aromatic rings. The van der Waals surface area contributed by atoms with Gasteiger partial charge in [-0.2, -0.15) is 0 Å². The lowest BCUT2D eigenvalue weighted by molar-refractivity contribution is -0.113. The van der Waals surface area contributed by atoms with E-state index in [-0.39, 0.29) is 5.91 Å². The predicted molar refractivity (Wildman–Crippen MR) is 134 cm³/mol. The summed E-state index contributed by atoms with van der Waals surface area (Å²) in [6, 6.07) is 17.1. The molecule has 1 aliphatic rings. The fraction of sp³-hybridized carbons (Fsp3) is 0.167. The maximum Gasteiger partial charge on any atom is 0.283 e. The molecule has 164 valence electrons. The van der Waals surface area contributed by atoms with Crippen LogP contribution in [0.3, 0.4) is 0 Å². The zero-order valence-corrected chi connectivity index (χ0v) is 20.0. The molecule has 32 heavy (non-hydrogen) atoms. The Morgan fingerprint density at radius 2 is 2.00 bits per heavy atom. The van der Waals surface area contributed by atoms with Crippen LogP contribution in [0.2, 0.25) is 5.02 Å². The molecular formula is C24H21ClN2O3S2. The Morgan fingerprint density at radius 3 is 2.69 bits per heavy atom. The van der Waals surface area contributed by atoms with Gasteiger partial charge in [0.1, 0.15) is 17.2 Å². The number of aliphatic imine (C=N–C) groups is 1. The van der Waals surface area contributed by atoms with E-state index in [1.54, 1.807) is 41.5 Å². The third-order valence-electron chi connectivity index (χ3n) is 4.65. The van der Waals surface area contributed by atoms with Crippen LogP contribution in [-0.2, 0) is 4.79 Å². The summed E-state index contributed by atoms with van der Waals surface area (Å²) in [6.45, 7) is 2.53. The van der Waals surface area contributed by atoms with E-state index in [9.17, 15) is 4.79 Å². The summed E-state index contributed by atoms with van der Waals surface area (Å²) in [5.74, 6) is 1.81. The van der Waals surface area contributed by atoms with Gasteiger partial charge in [-0.1, -0.05) is 47.1 Å². The number of nitrogens with zero attached hydrogens (tertiary/aromatic N) is 2. The topological polar surface area (TPSA) is 51.1 Å². The second kappa shape index (κ2) is 10.3. The third kappa shape index (κ3) is 5.18. The maximum absolute atomic E-state index is 13.2. The summed E-state index contributed by atoms with van der Waals surface area (Å²) in [4.78, 5) is 20.4. The fourth-order valence-electron chi connectivity index (χ4n) is 3.05. The van der Waals surface area contributed by atoms with Crippen molar-refractivity contribution >= 4 is 57.5 Å². The lowest BCUT2D eigenvalue weighted by atomic mass is 10.2. The van der Waals surface area contributed by atoms with Gasteiger partial charge in [-0.25, -0.2) is 4.99 Å². The lowest BCUT2D eigenvalue weighted by Crippen LogP contribution is -2.30. The molecule has 0 spiro atoms. The SMILES string of the molecule is COc1ccc(N2C(=O)C(=Cc3cccs3)N=C2SCCOc2ccc(C)cc2)cc1Cl. The monoisotopic (exact) mass is 484 g/mol. The molecule has 2 aromatic carbocycles. The summed E-state index contributed by atoms with van der Waals surface area (Å²) in [6.07, 6.45) is 1.81. The lowest BCUT2D eigenvalue weighted by Gasteiger charge is -2.18. The van der Waals surface area contributed by atoms with Gasteiger partial charge in [0.15, 0.2) is 5.17 Å². The van der Waals surface area contributed by atoms with Crippen molar-refractivity contribution in [3.63, 3.8) is 0 Å². The Balaban J connectivity index is 1.53. The van der Waals surface area contributed by atoms with Crippen molar-refractivity contribution in [3.05, 3.63) is 81.1 Å². The summed E-state index contributed by atoms with van der Waals surface area (Å²) < 4.78 is 11.1. The van der Waals surface area contributed by atoms with Crippen molar-refractivity contribution in [2.75, 3.05) is 24.4 Å². The Bertz CT molecular complexity index is 1160. The summed E-state index contributed by atoms with van der Waals surface area (Å²) in [7, 11) is 1.56. The van der Waals surface area contributed by atoms with E-state index in [1.807, 2.05) is 54.8 Å². The minimum absolute atomic E-state index is 0.193. The van der Waals surface area contributed by atoms with Crippen molar-refractivity contribution < 1.29 is 14.3 Å². The van der Waals surface area contributed by atoms with E-state index in [2.05, 4.69) is 4.99 Å². The average molecular weight is 485 g/mol. The molecule has 1 amide bonds. The van der Waals surface area contributed by atoms with Gasteiger partial charge in [0.05, 0.1) is 24.4 Å². The van der Waals surface area contributed by atoms with Gasteiger partial charge < -0.3 is 9.47 Å². The molecule has 8 heteroatoms. The molecule has 2 heterocycles. The number of aryl methyl sites for hydroxylation is 1. The van der Waals surface area contributed by atoms with E-state index < -0.39 is 0 Å². The number of thiophene rings is 1. The van der Waals surface area contributed by atoms with Gasteiger partial charge in [0.25, 0.3) is 5.91 Å². The Kier molecular flexibility index (Phi) is 7.19. The van der Waals surface area contributed by atoms with E-state index in [0.717, 1.165) is 10.6 Å². The highest BCUT2D eigenvalue weighted by molar-refractivity contribution is 8.14. The largest absolute Gasteiger partial charge is 0.495 e. The number of thioether (sulfide) groups is 1. The molecular weight excluding hydrogens is 464 g/mol. The smallest absolute Gasteiger partial charge is 0.283 e. The first kappa shape index (κ1) is 22.5. The van der Waals surface area contributed by atoms with Gasteiger partial charge >= 0.3 is 0 Å². The molecule has 0 N–H and O–H groups in total. The molecule has 0 saturated heterocycles.